The van der Waals surface area contributed by atoms with Gasteiger partial charge in [-0.3, -0.25) is 19.7 Å². The van der Waals surface area contributed by atoms with Crippen LogP contribution in [0.1, 0.15) is 33.3 Å². The van der Waals surface area contributed by atoms with Crippen LogP contribution in [0.2, 0.25) is 18.1 Å². The van der Waals surface area contributed by atoms with E-state index < -0.39 is 19.2 Å². The molecule has 0 radical (unpaired) electrons. The van der Waals surface area contributed by atoms with Crippen LogP contribution >= 0.6 is 11.8 Å². The maximum absolute atomic E-state index is 13.0. The normalized spacial score (nSPS) is 19.6. The van der Waals surface area contributed by atoms with Crippen LogP contribution in [0.15, 0.2) is 36.9 Å². The van der Waals surface area contributed by atoms with Crippen LogP contribution < -0.4 is 0 Å². The number of likely N-dealkylation sites (tertiary alicyclic amines) is 1. The van der Waals surface area contributed by atoms with Crippen molar-refractivity contribution in [2.24, 2.45) is 5.92 Å². The Balaban J connectivity index is 1.99. The third-order valence-corrected chi connectivity index (χ3v) is 12.1. The summed E-state index contributed by atoms with van der Waals surface area (Å²) in [5.74, 6) is -0.320. The molecular weight excluding hydrogens is 460 g/mol. The van der Waals surface area contributed by atoms with Gasteiger partial charge in [-0.2, -0.15) is 0 Å². The summed E-state index contributed by atoms with van der Waals surface area (Å²) in [7, 11) is -2.05. The SMILES string of the molecule is C=CCS[C@H]1[C@@H]([C@@H](C)O[Si](C)(C)C(C)(C)C)C(=O)N1CC(=O)OCc1ccc([N+](=O)[O-])cc1. The highest BCUT2D eigenvalue weighted by Crippen LogP contribution is 2.42. The van der Waals surface area contributed by atoms with Crippen molar-refractivity contribution in [1.29, 1.82) is 0 Å². The zero-order chi connectivity index (χ0) is 25.0. The van der Waals surface area contributed by atoms with E-state index in [0.717, 1.165) is 0 Å². The lowest BCUT2D eigenvalue weighted by Gasteiger charge is -2.50. The first kappa shape index (κ1) is 27.1. The molecule has 1 fully saturated rings. The average molecular weight is 495 g/mol. The summed E-state index contributed by atoms with van der Waals surface area (Å²) >= 11 is 1.56. The molecular formula is C23H34N2O6SSi. The number of carbonyl (C=O) groups is 2. The fraction of sp³-hybridized carbons (Fsp3) is 0.565. The number of nitrogens with zero attached hydrogens (tertiary/aromatic N) is 2. The molecule has 0 N–H and O–H groups in total. The number of thioether (sulfide) groups is 1. The Morgan fingerprint density at radius 2 is 1.94 bits per heavy atom. The van der Waals surface area contributed by atoms with Crippen LogP contribution in [0, 0.1) is 16.0 Å². The van der Waals surface area contributed by atoms with Crippen molar-refractivity contribution >= 4 is 37.6 Å². The van der Waals surface area contributed by atoms with Crippen molar-refractivity contribution in [1.82, 2.24) is 4.90 Å². The third kappa shape index (κ3) is 6.67. The number of esters is 1. The van der Waals surface area contributed by atoms with Gasteiger partial charge in [0.25, 0.3) is 5.69 Å². The minimum atomic E-state index is -2.05. The van der Waals surface area contributed by atoms with E-state index >= 15 is 0 Å². The summed E-state index contributed by atoms with van der Waals surface area (Å²) in [6, 6.07) is 5.80. The number of ether oxygens (including phenoxy) is 1. The molecule has 0 saturated carbocycles. The molecule has 1 amide bonds. The molecule has 0 bridgehead atoms. The van der Waals surface area contributed by atoms with Crippen LogP contribution in [0.25, 0.3) is 0 Å². The predicted molar refractivity (Wildman–Crippen MR) is 132 cm³/mol. The van der Waals surface area contributed by atoms with E-state index in [2.05, 4.69) is 40.4 Å². The second-order valence-electron chi connectivity index (χ2n) is 9.67. The van der Waals surface area contributed by atoms with Crippen molar-refractivity contribution in [2.75, 3.05) is 12.3 Å². The van der Waals surface area contributed by atoms with Crippen LogP contribution in [0.5, 0.6) is 0 Å². The molecule has 1 aliphatic heterocycles. The van der Waals surface area contributed by atoms with Gasteiger partial charge in [0.05, 0.1) is 22.3 Å². The van der Waals surface area contributed by atoms with E-state index in [-0.39, 0.29) is 47.2 Å². The number of nitro benzene ring substituents is 1. The first-order valence-corrected chi connectivity index (χ1v) is 14.8. The maximum atomic E-state index is 13.0. The Kier molecular flexibility index (Phi) is 8.89. The van der Waals surface area contributed by atoms with Gasteiger partial charge in [0.2, 0.25) is 5.91 Å². The Morgan fingerprint density at radius 3 is 2.45 bits per heavy atom. The minimum Gasteiger partial charge on any atom is -0.459 e. The molecule has 33 heavy (non-hydrogen) atoms. The lowest BCUT2D eigenvalue weighted by atomic mass is 9.93. The van der Waals surface area contributed by atoms with Gasteiger partial charge in [-0.1, -0.05) is 26.8 Å². The van der Waals surface area contributed by atoms with Crippen molar-refractivity contribution in [3.8, 4) is 0 Å². The Labute approximate surface area is 201 Å². The minimum absolute atomic E-state index is 0.0162. The van der Waals surface area contributed by atoms with Gasteiger partial charge in [0.1, 0.15) is 13.2 Å². The van der Waals surface area contributed by atoms with Gasteiger partial charge in [-0.25, -0.2) is 0 Å². The maximum Gasteiger partial charge on any atom is 0.326 e. The van der Waals surface area contributed by atoms with Gasteiger partial charge < -0.3 is 14.1 Å². The zero-order valence-corrected chi connectivity index (χ0v) is 22.0. The fourth-order valence-corrected chi connectivity index (χ4v) is 5.95. The first-order chi connectivity index (χ1) is 15.3. The van der Waals surface area contributed by atoms with Gasteiger partial charge >= 0.3 is 5.97 Å². The number of benzene rings is 1. The number of hydrogen-bond acceptors (Lipinski definition) is 7. The van der Waals surface area contributed by atoms with E-state index in [0.29, 0.717) is 11.3 Å². The van der Waals surface area contributed by atoms with Gasteiger partial charge in [0, 0.05) is 17.9 Å². The molecule has 8 nitrogen and oxygen atoms in total. The average Bonchev–Trinajstić information content (AvgIpc) is 2.72. The van der Waals surface area contributed by atoms with Crippen LogP contribution in [-0.4, -0.2) is 53.8 Å². The van der Waals surface area contributed by atoms with Crippen LogP contribution in [0.4, 0.5) is 5.69 Å². The molecule has 3 atom stereocenters. The number of rotatable bonds is 11. The number of amides is 1. The zero-order valence-electron chi connectivity index (χ0n) is 20.2. The van der Waals surface area contributed by atoms with Crippen molar-refractivity contribution in [2.45, 2.75) is 63.9 Å². The molecule has 10 heteroatoms. The molecule has 2 rings (SSSR count). The lowest BCUT2D eigenvalue weighted by molar-refractivity contribution is -0.384. The standard InChI is InChI=1S/C23H34N2O6SSi/c1-8-13-32-22-20(16(2)31-33(6,7)23(3,4)5)21(27)24(22)14-19(26)30-15-17-9-11-18(12-10-17)25(28)29/h8-12,16,20,22H,1,13-15H2,2-7H3/t16-,20+,22+/m1/s1. The van der Waals surface area contributed by atoms with Crippen molar-refractivity contribution < 1.29 is 23.7 Å². The lowest BCUT2D eigenvalue weighted by Crippen LogP contribution is -2.65. The second-order valence-corrected chi connectivity index (χ2v) is 15.6. The number of β-lactam (4-membered cyclic amide) rings is 1. The Morgan fingerprint density at radius 1 is 1.33 bits per heavy atom. The summed E-state index contributed by atoms with van der Waals surface area (Å²) in [5.41, 5.74) is 0.606. The Bertz CT molecular complexity index is 884. The van der Waals surface area contributed by atoms with Gasteiger partial charge in [0.15, 0.2) is 8.32 Å². The summed E-state index contributed by atoms with van der Waals surface area (Å²) in [6.45, 7) is 16.3. The highest BCUT2D eigenvalue weighted by atomic mass is 32.2. The molecule has 0 unspecified atom stereocenters. The van der Waals surface area contributed by atoms with E-state index in [1.807, 2.05) is 6.92 Å². The molecule has 1 aliphatic rings. The number of hydrogen-bond donors (Lipinski definition) is 0. The topological polar surface area (TPSA) is 99.0 Å². The van der Waals surface area contributed by atoms with Crippen molar-refractivity contribution in [3.05, 3.63) is 52.6 Å². The van der Waals surface area contributed by atoms with Crippen molar-refractivity contribution in [3.63, 3.8) is 0 Å². The second kappa shape index (κ2) is 10.8. The first-order valence-electron chi connectivity index (χ1n) is 10.9. The summed E-state index contributed by atoms with van der Waals surface area (Å²) in [6.07, 6.45) is 1.52. The van der Waals surface area contributed by atoms with Crippen LogP contribution in [-0.2, 0) is 25.4 Å². The molecule has 0 spiro atoms. The predicted octanol–water partition coefficient (Wildman–Crippen LogP) is 4.75. The van der Waals surface area contributed by atoms with Gasteiger partial charge in [-0.15, -0.1) is 18.3 Å². The largest absolute Gasteiger partial charge is 0.459 e. The number of nitro groups is 1. The molecule has 182 valence electrons. The molecule has 0 aliphatic carbocycles. The Hall–Kier alpha value is -2.17. The summed E-state index contributed by atoms with van der Waals surface area (Å²) in [5, 5.41) is 10.6. The van der Waals surface area contributed by atoms with E-state index in [9.17, 15) is 19.7 Å². The third-order valence-electron chi connectivity index (χ3n) is 6.21. The molecule has 1 aromatic rings. The van der Waals surface area contributed by atoms with Gasteiger partial charge in [-0.05, 0) is 42.8 Å². The number of non-ortho nitro benzene ring substituents is 1. The quantitative estimate of drug-likeness (QED) is 0.109. The fourth-order valence-electron chi connectivity index (χ4n) is 3.29. The monoisotopic (exact) mass is 494 g/mol. The highest BCUT2D eigenvalue weighted by Gasteiger charge is 2.53. The molecule has 1 saturated heterocycles. The number of carbonyl (C=O) groups excluding carboxylic acids is 2. The molecule has 1 heterocycles. The summed E-state index contributed by atoms with van der Waals surface area (Å²) in [4.78, 5) is 37.2. The summed E-state index contributed by atoms with van der Waals surface area (Å²) < 4.78 is 11.8. The molecule has 1 aromatic carbocycles. The van der Waals surface area contributed by atoms with E-state index in [1.165, 1.54) is 17.0 Å². The highest BCUT2D eigenvalue weighted by molar-refractivity contribution is 8.00. The smallest absolute Gasteiger partial charge is 0.326 e. The van der Waals surface area contributed by atoms with E-state index in [1.54, 1.807) is 30.0 Å². The van der Waals surface area contributed by atoms with Crippen LogP contribution in [0.3, 0.4) is 0 Å². The van der Waals surface area contributed by atoms with E-state index in [4.69, 9.17) is 9.16 Å². The molecule has 0 aromatic heterocycles.